The molecule has 1 N–H and O–H groups in total. The van der Waals surface area contributed by atoms with Gasteiger partial charge in [0.2, 0.25) is 5.91 Å². The molecule has 6 heteroatoms. The summed E-state index contributed by atoms with van der Waals surface area (Å²) in [5, 5.41) is 8.25. The molecule has 2 rings (SSSR count). The number of carbonyl (C=O) groups is 2. The predicted molar refractivity (Wildman–Crippen MR) is 60.8 cm³/mol. The highest BCUT2D eigenvalue weighted by Crippen LogP contribution is 2.32. The Bertz CT molecular complexity index is 327. The molecule has 88 valence electrons. The van der Waals surface area contributed by atoms with Crippen LogP contribution < -0.4 is 0 Å². The first-order valence-corrected chi connectivity index (χ1v) is 5.80. The summed E-state index contributed by atoms with van der Waals surface area (Å²) in [5.41, 5.74) is 0. The minimum absolute atomic E-state index is 0.267. The fourth-order valence-electron chi connectivity index (χ4n) is 1.17. The maximum atomic E-state index is 10.7. The van der Waals surface area contributed by atoms with E-state index in [1.165, 1.54) is 6.08 Å². The minimum Gasteiger partial charge on any atom is -0.449 e. The number of fused-ring (bicyclic) bond motifs is 1. The third-order valence-corrected chi connectivity index (χ3v) is 3.07. The first kappa shape index (κ1) is 12.6. The van der Waals surface area contributed by atoms with Crippen molar-refractivity contribution < 1.29 is 19.4 Å². The summed E-state index contributed by atoms with van der Waals surface area (Å²) < 4.78 is 3.93. The Morgan fingerprint density at radius 3 is 2.88 bits per heavy atom. The number of carbonyl (C=O) groups excluding carboxylic acids is 1. The Labute approximate surface area is 97.8 Å². The average molecular weight is 243 g/mol. The maximum absolute atomic E-state index is 10.7. The van der Waals surface area contributed by atoms with E-state index in [4.69, 9.17) is 5.11 Å². The second-order valence-electron chi connectivity index (χ2n) is 3.03. The summed E-state index contributed by atoms with van der Waals surface area (Å²) in [6.45, 7) is 1.67. The Morgan fingerprint density at radius 2 is 2.50 bits per heavy atom. The molecule has 0 bridgehead atoms. The average Bonchev–Trinajstić information content (AvgIpc) is 2.26. The number of β-lactam (4-membered cyclic amide) rings is 1. The third-order valence-electron chi connectivity index (χ3n) is 1.90. The number of hydrogen-bond donors (Lipinski definition) is 1. The van der Waals surface area contributed by atoms with Crippen LogP contribution in [-0.4, -0.2) is 33.2 Å². The van der Waals surface area contributed by atoms with Crippen molar-refractivity contribution in [2.75, 3.05) is 5.75 Å². The third kappa shape index (κ3) is 3.62. The molecular weight excluding hydrogens is 230 g/mol. The van der Waals surface area contributed by atoms with Crippen LogP contribution in [-0.2, 0) is 9.53 Å². The van der Waals surface area contributed by atoms with Gasteiger partial charge in [0.05, 0.1) is 18.1 Å². The van der Waals surface area contributed by atoms with E-state index in [-0.39, 0.29) is 5.91 Å². The molecule has 0 aromatic heterocycles. The summed E-state index contributed by atoms with van der Waals surface area (Å²) in [6.07, 6.45) is 5.98. The van der Waals surface area contributed by atoms with Gasteiger partial charge < -0.3 is 14.7 Å². The summed E-state index contributed by atoms with van der Waals surface area (Å²) in [6, 6.07) is 0. The molecular formula is C10H13NO4S. The summed E-state index contributed by atoms with van der Waals surface area (Å²) >= 11 is 1.84. The molecule has 2 aliphatic heterocycles. The smallest absolute Gasteiger partial charge is 0.449 e. The quantitative estimate of drug-likeness (QED) is 0.433. The summed E-state index contributed by atoms with van der Waals surface area (Å²) in [7, 11) is 0. The second-order valence-corrected chi connectivity index (χ2v) is 4.24. The van der Waals surface area contributed by atoms with E-state index in [0.29, 0.717) is 5.37 Å². The van der Waals surface area contributed by atoms with Gasteiger partial charge in [0, 0.05) is 12.0 Å². The van der Waals surface area contributed by atoms with Gasteiger partial charge in [0.1, 0.15) is 0 Å². The standard InChI is InChI=1S/C6H7NOS.C4H6O3/c8-5-4-6-7(5)2-1-3-9-6;1-2-3-7-4(5)6/h1-2,6H,3-4H2;2-3H,1H3,(H,5,6)/t6-;/m1./s1. The zero-order valence-electron chi connectivity index (χ0n) is 8.83. The van der Waals surface area contributed by atoms with Gasteiger partial charge in [0.15, 0.2) is 0 Å². The van der Waals surface area contributed by atoms with E-state index in [0.717, 1.165) is 18.4 Å². The molecule has 0 unspecified atom stereocenters. The van der Waals surface area contributed by atoms with Crippen molar-refractivity contribution in [1.82, 2.24) is 4.90 Å². The van der Waals surface area contributed by atoms with Crippen LogP contribution in [0.1, 0.15) is 13.3 Å². The molecule has 0 spiro atoms. The van der Waals surface area contributed by atoms with E-state index in [2.05, 4.69) is 4.74 Å². The summed E-state index contributed by atoms with van der Waals surface area (Å²) in [4.78, 5) is 22.0. The number of thioether (sulfide) groups is 1. The molecule has 1 atom stereocenters. The predicted octanol–water partition coefficient (Wildman–Crippen LogP) is 2.02. The normalized spacial score (nSPS) is 21.9. The SMILES string of the molecule is CC=COC(=O)O.O=C1C[C@H]2SCC=CN12. The second kappa shape index (κ2) is 6.22. The first-order chi connectivity index (χ1) is 7.65. The lowest BCUT2D eigenvalue weighted by atomic mass is 10.2. The van der Waals surface area contributed by atoms with Gasteiger partial charge in [-0.2, -0.15) is 0 Å². The van der Waals surface area contributed by atoms with Gasteiger partial charge in [-0.15, -0.1) is 11.8 Å². The zero-order valence-corrected chi connectivity index (χ0v) is 9.64. The van der Waals surface area contributed by atoms with Gasteiger partial charge in [0.25, 0.3) is 0 Å². The fraction of sp³-hybridized carbons (Fsp3) is 0.400. The lowest BCUT2D eigenvalue weighted by molar-refractivity contribution is -0.137. The molecule has 5 nitrogen and oxygen atoms in total. The van der Waals surface area contributed by atoms with Crippen molar-refractivity contribution in [2.24, 2.45) is 0 Å². The number of allylic oxidation sites excluding steroid dienone is 1. The number of amides is 1. The van der Waals surface area contributed by atoms with Crippen LogP contribution in [0.15, 0.2) is 24.6 Å². The van der Waals surface area contributed by atoms with Crippen LogP contribution in [0, 0.1) is 0 Å². The van der Waals surface area contributed by atoms with E-state index >= 15 is 0 Å². The molecule has 0 aromatic carbocycles. The van der Waals surface area contributed by atoms with Gasteiger partial charge >= 0.3 is 6.16 Å². The molecule has 1 saturated heterocycles. The van der Waals surface area contributed by atoms with Crippen molar-refractivity contribution in [1.29, 1.82) is 0 Å². The number of ether oxygens (including phenoxy) is 1. The van der Waals surface area contributed by atoms with Crippen molar-refractivity contribution in [3.63, 3.8) is 0 Å². The van der Waals surface area contributed by atoms with Crippen molar-refractivity contribution in [3.8, 4) is 0 Å². The Morgan fingerprint density at radius 1 is 1.75 bits per heavy atom. The van der Waals surface area contributed by atoms with Crippen LogP contribution in [0.25, 0.3) is 0 Å². The van der Waals surface area contributed by atoms with E-state index in [1.807, 2.05) is 24.0 Å². The topological polar surface area (TPSA) is 66.8 Å². The van der Waals surface area contributed by atoms with Crippen molar-refractivity contribution in [3.05, 3.63) is 24.6 Å². The first-order valence-electron chi connectivity index (χ1n) is 4.75. The zero-order chi connectivity index (χ0) is 12.0. The highest BCUT2D eigenvalue weighted by molar-refractivity contribution is 8.00. The summed E-state index contributed by atoms with van der Waals surface area (Å²) in [5.74, 6) is 1.33. The highest BCUT2D eigenvalue weighted by Gasteiger charge is 2.35. The highest BCUT2D eigenvalue weighted by atomic mass is 32.2. The molecule has 2 heterocycles. The van der Waals surface area contributed by atoms with Gasteiger partial charge in [-0.1, -0.05) is 12.2 Å². The van der Waals surface area contributed by atoms with Gasteiger partial charge in [-0.25, -0.2) is 4.79 Å². The monoisotopic (exact) mass is 243 g/mol. The minimum atomic E-state index is -1.28. The number of nitrogens with zero attached hydrogens (tertiary/aromatic N) is 1. The fourth-order valence-corrected chi connectivity index (χ4v) is 2.20. The molecule has 1 fully saturated rings. The lowest BCUT2D eigenvalue weighted by Crippen LogP contribution is -2.48. The molecule has 16 heavy (non-hydrogen) atoms. The van der Waals surface area contributed by atoms with Crippen LogP contribution in [0.2, 0.25) is 0 Å². The number of rotatable bonds is 1. The Balaban J connectivity index is 0.000000168. The van der Waals surface area contributed by atoms with Crippen molar-refractivity contribution in [2.45, 2.75) is 18.7 Å². The molecule has 2 aliphatic rings. The van der Waals surface area contributed by atoms with Crippen LogP contribution in [0.4, 0.5) is 4.79 Å². The van der Waals surface area contributed by atoms with Crippen LogP contribution in [0.5, 0.6) is 0 Å². The van der Waals surface area contributed by atoms with Crippen molar-refractivity contribution >= 4 is 23.8 Å². The van der Waals surface area contributed by atoms with Gasteiger partial charge in [-0.05, 0) is 6.92 Å². The van der Waals surface area contributed by atoms with E-state index in [1.54, 1.807) is 11.8 Å². The van der Waals surface area contributed by atoms with E-state index < -0.39 is 6.16 Å². The largest absolute Gasteiger partial charge is 0.510 e. The molecule has 0 saturated carbocycles. The van der Waals surface area contributed by atoms with Crippen LogP contribution >= 0.6 is 11.8 Å². The number of carboxylic acid groups (broad SMARTS) is 1. The Kier molecular flexibility index (Phi) is 4.91. The Hall–Kier alpha value is -1.43. The molecule has 0 radical (unpaired) electrons. The maximum Gasteiger partial charge on any atom is 0.510 e. The lowest BCUT2D eigenvalue weighted by Gasteiger charge is -2.39. The number of hydrogen-bond acceptors (Lipinski definition) is 4. The molecule has 0 aliphatic carbocycles. The van der Waals surface area contributed by atoms with Crippen LogP contribution in [0.3, 0.4) is 0 Å². The van der Waals surface area contributed by atoms with E-state index in [9.17, 15) is 9.59 Å². The van der Waals surface area contributed by atoms with Gasteiger partial charge in [-0.3, -0.25) is 4.79 Å². The molecule has 1 amide bonds. The molecule has 0 aromatic rings.